The van der Waals surface area contributed by atoms with Crippen LogP contribution < -0.4 is 14.4 Å². The van der Waals surface area contributed by atoms with Crippen molar-refractivity contribution in [3.05, 3.63) is 83.1 Å². The van der Waals surface area contributed by atoms with E-state index < -0.39 is 28.3 Å². The summed E-state index contributed by atoms with van der Waals surface area (Å²) in [6.45, 7) is 1.24. The molecule has 0 aliphatic heterocycles. The van der Waals surface area contributed by atoms with Crippen LogP contribution in [0.25, 0.3) is 0 Å². The third-order valence-electron chi connectivity index (χ3n) is 4.49. The van der Waals surface area contributed by atoms with Gasteiger partial charge in [-0.2, -0.15) is 0 Å². The summed E-state index contributed by atoms with van der Waals surface area (Å²) in [7, 11) is -2.57. The lowest BCUT2D eigenvalue weighted by Gasteiger charge is -2.24. The summed E-state index contributed by atoms with van der Waals surface area (Å²) in [6.07, 6.45) is 0. The first kappa shape index (κ1) is 22.6. The van der Waals surface area contributed by atoms with Crippen LogP contribution in [0, 0.1) is 12.7 Å². The van der Waals surface area contributed by atoms with Gasteiger partial charge in [-0.25, -0.2) is 12.8 Å². The second-order valence-corrected chi connectivity index (χ2v) is 8.93. The molecule has 0 unspecified atom stereocenters. The van der Waals surface area contributed by atoms with Gasteiger partial charge in [0.25, 0.3) is 10.0 Å². The number of carbonyl (C=O) groups excluding carboxylic acids is 1. The number of rotatable bonds is 7. The van der Waals surface area contributed by atoms with Gasteiger partial charge in [-0.3, -0.25) is 9.10 Å². The normalized spacial score (nSPS) is 11.1. The Morgan fingerprint density at radius 2 is 1.81 bits per heavy atom. The molecule has 0 spiro atoms. The van der Waals surface area contributed by atoms with E-state index in [1.165, 1.54) is 31.4 Å². The van der Waals surface area contributed by atoms with Crippen molar-refractivity contribution >= 4 is 38.9 Å². The van der Waals surface area contributed by atoms with Crippen molar-refractivity contribution in [3.8, 4) is 5.75 Å². The monoisotopic (exact) mass is 462 g/mol. The van der Waals surface area contributed by atoms with Crippen LogP contribution >= 0.6 is 11.6 Å². The van der Waals surface area contributed by atoms with Gasteiger partial charge in [-0.1, -0.05) is 29.8 Å². The highest BCUT2D eigenvalue weighted by molar-refractivity contribution is 7.92. The van der Waals surface area contributed by atoms with Crippen LogP contribution in [-0.2, 0) is 14.8 Å². The maximum atomic E-state index is 13.4. The molecule has 0 fully saturated rings. The van der Waals surface area contributed by atoms with E-state index in [4.69, 9.17) is 16.3 Å². The first-order chi connectivity index (χ1) is 14.7. The Hall–Kier alpha value is -3.10. The van der Waals surface area contributed by atoms with E-state index in [-0.39, 0.29) is 15.6 Å². The number of methoxy groups -OCH3 is 1. The minimum absolute atomic E-state index is 0.0206. The molecule has 3 rings (SSSR count). The summed E-state index contributed by atoms with van der Waals surface area (Å²) in [5, 5.41) is 2.39. The molecule has 162 valence electrons. The SMILES string of the molecule is COc1ccc(S(=O)(=O)N(CC(=O)Nc2ccc(F)c(Cl)c2)c2ccccc2)cc1C. The number of para-hydroxylation sites is 1. The number of ether oxygens (including phenoxy) is 1. The molecule has 3 aromatic carbocycles. The number of hydrogen-bond donors (Lipinski definition) is 1. The zero-order chi connectivity index (χ0) is 22.6. The largest absolute Gasteiger partial charge is 0.496 e. The van der Waals surface area contributed by atoms with E-state index in [1.807, 2.05) is 0 Å². The van der Waals surface area contributed by atoms with E-state index in [2.05, 4.69) is 5.32 Å². The Balaban J connectivity index is 1.94. The van der Waals surface area contributed by atoms with Crippen LogP contribution in [-0.4, -0.2) is 28.0 Å². The zero-order valence-electron chi connectivity index (χ0n) is 16.8. The summed E-state index contributed by atoms with van der Waals surface area (Å²) in [6, 6.07) is 16.5. The Kier molecular flexibility index (Phi) is 6.82. The lowest BCUT2D eigenvalue weighted by atomic mass is 10.2. The predicted molar refractivity (Wildman–Crippen MR) is 119 cm³/mol. The Labute approximate surface area is 185 Å². The number of amides is 1. The summed E-state index contributed by atoms with van der Waals surface area (Å²) in [5.41, 5.74) is 1.22. The van der Waals surface area contributed by atoms with Crippen LogP contribution in [0.1, 0.15) is 5.56 Å². The molecule has 1 N–H and O–H groups in total. The number of sulfonamides is 1. The molecule has 0 bridgehead atoms. The lowest BCUT2D eigenvalue weighted by Crippen LogP contribution is -2.38. The highest BCUT2D eigenvalue weighted by atomic mass is 35.5. The van der Waals surface area contributed by atoms with Gasteiger partial charge >= 0.3 is 0 Å². The number of carbonyl (C=O) groups is 1. The van der Waals surface area contributed by atoms with E-state index in [9.17, 15) is 17.6 Å². The maximum Gasteiger partial charge on any atom is 0.264 e. The molecule has 0 aromatic heterocycles. The molecule has 31 heavy (non-hydrogen) atoms. The number of nitrogens with one attached hydrogen (secondary N) is 1. The van der Waals surface area contributed by atoms with Crippen molar-refractivity contribution in [3.63, 3.8) is 0 Å². The highest BCUT2D eigenvalue weighted by Crippen LogP contribution is 2.27. The topological polar surface area (TPSA) is 75.7 Å². The van der Waals surface area contributed by atoms with Crippen LogP contribution in [0.5, 0.6) is 5.75 Å². The van der Waals surface area contributed by atoms with Crippen molar-refractivity contribution in [2.45, 2.75) is 11.8 Å². The van der Waals surface area contributed by atoms with Gasteiger partial charge < -0.3 is 10.1 Å². The summed E-state index contributed by atoms with van der Waals surface area (Å²) in [5.74, 6) is -0.681. The van der Waals surface area contributed by atoms with Crippen LogP contribution in [0.15, 0.2) is 71.6 Å². The summed E-state index contributed by atoms with van der Waals surface area (Å²) >= 11 is 5.75. The molecular formula is C22H20ClFN2O4S. The quantitative estimate of drug-likeness (QED) is 0.555. The second kappa shape index (κ2) is 9.36. The average Bonchev–Trinajstić information content (AvgIpc) is 2.75. The lowest BCUT2D eigenvalue weighted by molar-refractivity contribution is -0.114. The smallest absolute Gasteiger partial charge is 0.264 e. The van der Waals surface area contributed by atoms with E-state index >= 15 is 0 Å². The Morgan fingerprint density at radius 3 is 2.42 bits per heavy atom. The average molecular weight is 463 g/mol. The summed E-state index contributed by atoms with van der Waals surface area (Å²) < 4.78 is 46.4. The van der Waals surface area contributed by atoms with Gasteiger partial charge in [-0.05, 0) is 61.0 Å². The van der Waals surface area contributed by atoms with Gasteiger partial charge in [0.15, 0.2) is 0 Å². The third-order valence-corrected chi connectivity index (χ3v) is 6.55. The first-order valence-corrected chi connectivity index (χ1v) is 11.0. The van der Waals surface area contributed by atoms with Gasteiger partial charge in [0.05, 0.1) is 22.7 Å². The van der Waals surface area contributed by atoms with Crippen molar-refractivity contribution < 1.29 is 22.3 Å². The first-order valence-electron chi connectivity index (χ1n) is 9.19. The third kappa shape index (κ3) is 5.15. The van der Waals surface area contributed by atoms with Crippen molar-refractivity contribution in [2.75, 3.05) is 23.3 Å². The number of anilines is 2. The maximum absolute atomic E-state index is 13.4. The number of benzene rings is 3. The Morgan fingerprint density at radius 1 is 1.10 bits per heavy atom. The van der Waals surface area contributed by atoms with Gasteiger partial charge in [0.1, 0.15) is 18.1 Å². The fourth-order valence-electron chi connectivity index (χ4n) is 2.95. The molecule has 0 saturated carbocycles. The molecule has 0 aliphatic rings. The molecule has 0 aliphatic carbocycles. The minimum atomic E-state index is -4.07. The minimum Gasteiger partial charge on any atom is -0.496 e. The molecular weight excluding hydrogens is 443 g/mol. The van der Waals surface area contributed by atoms with Gasteiger partial charge in [-0.15, -0.1) is 0 Å². The van der Waals surface area contributed by atoms with Gasteiger partial charge in [0, 0.05) is 5.69 Å². The fraction of sp³-hybridized carbons (Fsp3) is 0.136. The molecule has 0 heterocycles. The van der Waals surface area contributed by atoms with Crippen molar-refractivity contribution in [1.29, 1.82) is 0 Å². The molecule has 1 amide bonds. The standard InChI is InChI=1S/C22H20ClFN2O4S/c1-15-12-18(9-11-21(15)30-2)31(28,29)26(17-6-4-3-5-7-17)14-22(27)25-16-8-10-20(24)19(23)13-16/h3-13H,14H2,1-2H3,(H,25,27). The van der Waals surface area contributed by atoms with Crippen LogP contribution in [0.3, 0.4) is 0 Å². The van der Waals surface area contributed by atoms with Gasteiger partial charge in [0.2, 0.25) is 5.91 Å². The van der Waals surface area contributed by atoms with Crippen molar-refractivity contribution in [2.24, 2.45) is 0 Å². The molecule has 0 atom stereocenters. The summed E-state index contributed by atoms with van der Waals surface area (Å²) in [4.78, 5) is 12.7. The second-order valence-electron chi connectivity index (χ2n) is 6.66. The molecule has 0 saturated heterocycles. The van der Waals surface area contributed by atoms with Crippen LogP contribution in [0.2, 0.25) is 5.02 Å². The predicted octanol–water partition coefficient (Wildman–Crippen LogP) is 4.63. The number of nitrogens with zero attached hydrogens (tertiary/aromatic N) is 1. The molecule has 3 aromatic rings. The van der Waals surface area contributed by atoms with Crippen molar-refractivity contribution in [1.82, 2.24) is 0 Å². The molecule has 0 radical (unpaired) electrons. The van der Waals surface area contributed by atoms with Crippen LogP contribution in [0.4, 0.5) is 15.8 Å². The number of halogens is 2. The van der Waals surface area contributed by atoms with E-state index in [0.717, 1.165) is 10.4 Å². The zero-order valence-corrected chi connectivity index (χ0v) is 18.4. The van der Waals surface area contributed by atoms with E-state index in [1.54, 1.807) is 43.3 Å². The Bertz CT molecular complexity index is 1200. The fourth-order valence-corrected chi connectivity index (χ4v) is 4.64. The highest BCUT2D eigenvalue weighted by Gasteiger charge is 2.27. The van der Waals surface area contributed by atoms with E-state index in [0.29, 0.717) is 17.0 Å². The molecule has 9 heteroatoms. The number of aryl methyl sites for hydroxylation is 1. The number of hydrogen-bond acceptors (Lipinski definition) is 4. The molecule has 6 nitrogen and oxygen atoms in total.